The van der Waals surface area contributed by atoms with Crippen LogP contribution in [0.2, 0.25) is 0 Å². The average Bonchev–Trinajstić information content (AvgIpc) is 2.49. The summed E-state index contributed by atoms with van der Waals surface area (Å²) in [5.74, 6) is 1.42. The minimum atomic E-state index is 0.399. The van der Waals surface area contributed by atoms with E-state index in [1.807, 2.05) is 0 Å². The molecule has 0 amide bonds. The Hall–Kier alpha value is -0.560. The fourth-order valence-corrected chi connectivity index (χ4v) is 3.96. The Morgan fingerprint density at radius 2 is 1.88 bits per heavy atom. The van der Waals surface area contributed by atoms with E-state index in [0.717, 1.165) is 5.92 Å². The summed E-state index contributed by atoms with van der Waals surface area (Å²) < 4.78 is 1.35. The first-order valence-electron chi connectivity index (χ1n) is 6.04. The molecule has 1 saturated carbocycles. The fourth-order valence-electron chi connectivity index (χ4n) is 3.50. The molecule has 3 aliphatic carbocycles. The Morgan fingerprint density at radius 3 is 2.69 bits per heavy atom. The van der Waals surface area contributed by atoms with Crippen LogP contribution in [0.1, 0.15) is 26.7 Å². The first kappa shape index (κ1) is 10.6. The van der Waals surface area contributed by atoms with E-state index >= 15 is 0 Å². The monoisotopic (exact) mass is 276 g/mol. The van der Waals surface area contributed by atoms with Gasteiger partial charge in [0.15, 0.2) is 0 Å². The molecule has 0 bridgehead atoms. The molecule has 0 aromatic heterocycles. The van der Waals surface area contributed by atoms with Gasteiger partial charge >= 0.3 is 0 Å². The van der Waals surface area contributed by atoms with Crippen LogP contribution in [0.4, 0.5) is 0 Å². The standard InChI is InChI=1S/C15H17Br/c1-15(2)13-6-4-3-5-11(13)12-8-7-10(16)9-14(12)15/h3-5,7-8,13-14H,6,9H2,1-2H3. The van der Waals surface area contributed by atoms with Crippen molar-refractivity contribution >= 4 is 15.9 Å². The van der Waals surface area contributed by atoms with Crippen LogP contribution in [-0.4, -0.2) is 0 Å². The topological polar surface area (TPSA) is 0 Å². The second kappa shape index (κ2) is 3.46. The Bertz CT molecular complexity index is 446. The number of allylic oxidation sites excluding steroid dienone is 8. The van der Waals surface area contributed by atoms with Gasteiger partial charge in [-0.3, -0.25) is 0 Å². The lowest BCUT2D eigenvalue weighted by molar-refractivity contribution is 0.207. The van der Waals surface area contributed by atoms with Crippen molar-refractivity contribution in [1.29, 1.82) is 0 Å². The number of hydrogen-bond acceptors (Lipinski definition) is 0. The van der Waals surface area contributed by atoms with Crippen molar-refractivity contribution < 1.29 is 0 Å². The van der Waals surface area contributed by atoms with Crippen molar-refractivity contribution in [2.45, 2.75) is 26.7 Å². The van der Waals surface area contributed by atoms with Gasteiger partial charge in [-0.05, 0) is 45.7 Å². The second-order valence-corrected chi connectivity index (χ2v) is 6.67. The fraction of sp³-hybridized carbons (Fsp3) is 0.467. The number of hydrogen-bond donors (Lipinski definition) is 0. The number of rotatable bonds is 0. The molecule has 3 aliphatic rings. The Balaban J connectivity index is 2.12. The van der Waals surface area contributed by atoms with Gasteiger partial charge in [0.05, 0.1) is 0 Å². The molecule has 0 aliphatic heterocycles. The average molecular weight is 277 g/mol. The summed E-state index contributed by atoms with van der Waals surface area (Å²) in [6.45, 7) is 4.86. The van der Waals surface area contributed by atoms with Crippen LogP contribution in [-0.2, 0) is 0 Å². The summed E-state index contributed by atoms with van der Waals surface area (Å²) in [6.07, 6.45) is 13.8. The van der Waals surface area contributed by atoms with Gasteiger partial charge in [-0.15, -0.1) is 0 Å². The summed E-state index contributed by atoms with van der Waals surface area (Å²) in [7, 11) is 0. The van der Waals surface area contributed by atoms with E-state index in [0.29, 0.717) is 11.3 Å². The third kappa shape index (κ3) is 1.34. The van der Waals surface area contributed by atoms with E-state index in [1.165, 1.54) is 17.3 Å². The summed E-state index contributed by atoms with van der Waals surface area (Å²) in [4.78, 5) is 0. The molecule has 0 spiro atoms. The highest BCUT2D eigenvalue weighted by molar-refractivity contribution is 9.11. The highest BCUT2D eigenvalue weighted by Gasteiger charge is 2.49. The van der Waals surface area contributed by atoms with Crippen molar-refractivity contribution in [2.75, 3.05) is 0 Å². The maximum absolute atomic E-state index is 3.66. The van der Waals surface area contributed by atoms with Crippen LogP contribution in [0.15, 0.2) is 46.0 Å². The van der Waals surface area contributed by atoms with Crippen molar-refractivity contribution in [2.24, 2.45) is 17.3 Å². The number of halogens is 1. The van der Waals surface area contributed by atoms with Gasteiger partial charge in [0.25, 0.3) is 0 Å². The van der Waals surface area contributed by atoms with Gasteiger partial charge in [0.1, 0.15) is 0 Å². The van der Waals surface area contributed by atoms with Crippen molar-refractivity contribution in [1.82, 2.24) is 0 Å². The van der Waals surface area contributed by atoms with E-state index < -0.39 is 0 Å². The molecule has 0 radical (unpaired) electrons. The molecular formula is C15H17Br. The molecule has 1 heteroatoms. The Morgan fingerprint density at radius 1 is 1.12 bits per heavy atom. The zero-order valence-electron chi connectivity index (χ0n) is 9.83. The lowest BCUT2D eigenvalue weighted by Crippen LogP contribution is -2.26. The van der Waals surface area contributed by atoms with Crippen LogP contribution >= 0.6 is 15.9 Å². The quantitative estimate of drug-likeness (QED) is 0.599. The summed E-state index contributed by atoms with van der Waals surface area (Å²) in [5, 5.41) is 0. The number of fused-ring (bicyclic) bond motifs is 3. The molecule has 0 aromatic carbocycles. The Labute approximate surface area is 106 Å². The predicted octanol–water partition coefficient (Wildman–Crippen LogP) is 4.75. The third-order valence-corrected chi connectivity index (χ3v) is 5.09. The van der Waals surface area contributed by atoms with Crippen LogP contribution in [0, 0.1) is 17.3 Å². The van der Waals surface area contributed by atoms with E-state index in [1.54, 1.807) is 11.1 Å². The molecule has 2 atom stereocenters. The Kier molecular flexibility index (Phi) is 2.29. The minimum Gasteiger partial charge on any atom is -0.0839 e. The summed E-state index contributed by atoms with van der Waals surface area (Å²) >= 11 is 3.66. The molecule has 84 valence electrons. The van der Waals surface area contributed by atoms with Crippen LogP contribution in [0.25, 0.3) is 0 Å². The van der Waals surface area contributed by atoms with Crippen molar-refractivity contribution in [3.8, 4) is 0 Å². The minimum absolute atomic E-state index is 0.399. The lowest BCUT2D eigenvalue weighted by atomic mass is 9.71. The van der Waals surface area contributed by atoms with Gasteiger partial charge in [-0.2, -0.15) is 0 Å². The van der Waals surface area contributed by atoms with Crippen LogP contribution in [0.5, 0.6) is 0 Å². The first-order chi connectivity index (χ1) is 7.60. The summed E-state index contributed by atoms with van der Waals surface area (Å²) in [5.41, 5.74) is 3.58. The molecule has 0 nitrogen and oxygen atoms in total. The molecule has 0 N–H and O–H groups in total. The predicted molar refractivity (Wildman–Crippen MR) is 72.3 cm³/mol. The van der Waals surface area contributed by atoms with Gasteiger partial charge < -0.3 is 0 Å². The van der Waals surface area contributed by atoms with Gasteiger partial charge in [-0.1, -0.05) is 60.2 Å². The molecule has 2 unspecified atom stereocenters. The van der Waals surface area contributed by atoms with E-state index in [-0.39, 0.29) is 0 Å². The van der Waals surface area contributed by atoms with Gasteiger partial charge in [0.2, 0.25) is 0 Å². The van der Waals surface area contributed by atoms with Gasteiger partial charge in [-0.25, -0.2) is 0 Å². The highest BCUT2D eigenvalue weighted by atomic mass is 79.9. The van der Waals surface area contributed by atoms with Crippen LogP contribution in [0.3, 0.4) is 0 Å². The molecule has 3 rings (SSSR count). The van der Waals surface area contributed by atoms with Gasteiger partial charge in [0, 0.05) is 0 Å². The molecule has 0 heterocycles. The lowest BCUT2D eigenvalue weighted by Gasteiger charge is -2.33. The van der Waals surface area contributed by atoms with Crippen molar-refractivity contribution in [3.05, 3.63) is 46.0 Å². The third-order valence-electron chi connectivity index (χ3n) is 4.51. The highest BCUT2D eigenvalue weighted by Crippen LogP contribution is 2.59. The zero-order chi connectivity index (χ0) is 11.3. The molecular weight excluding hydrogens is 260 g/mol. The molecule has 16 heavy (non-hydrogen) atoms. The maximum atomic E-state index is 3.66. The molecule has 1 fully saturated rings. The first-order valence-corrected chi connectivity index (χ1v) is 6.83. The smallest absolute Gasteiger partial charge is 0.00430 e. The molecule has 0 saturated heterocycles. The van der Waals surface area contributed by atoms with Crippen molar-refractivity contribution in [3.63, 3.8) is 0 Å². The second-order valence-electron chi connectivity index (χ2n) is 5.65. The largest absolute Gasteiger partial charge is 0.0839 e. The normalized spacial score (nSPS) is 34.8. The van der Waals surface area contributed by atoms with E-state index in [4.69, 9.17) is 0 Å². The SMILES string of the molecule is CC1(C)C2CC=CC=C2C2=CC=C(Br)CC21. The van der Waals surface area contributed by atoms with E-state index in [2.05, 4.69) is 60.2 Å². The van der Waals surface area contributed by atoms with E-state index in [9.17, 15) is 0 Å². The summed E-state index contributed by atoms with van der Waals surface area (Å²) in [6, 6.07) is 0. The maximum Gasteiger partial charge on any atom is -0.00430 e. The zero-order valence-corrected chi connectivity index (χ0v) is 11.4. The molecule has 0 aromatic rings. The van der Waals surface area contributed by atoms with Crippen LogP contribution < -0.4 is 0 Å².